The van der Waals surface area contributed by atoms with Crippen LogP contribution >= 0.6 is 35.0 Å². The van der Waals surface area contributed by atoms with E-state index in [9.17, 15) is 13.2 Å². The van der Waals surface area contributed by atoms with Crippen molar-refractivity contribution in [3.8, 4) is 0 Å². The highest BCUT2D eigenvalue weighted by atomic mass is 35.5. The van der Waals surface area contributed by atoms with Crippen molar-refractivity contribution in [3.05, 3.63) is 64.1 Å². The van der Waals surface area contributed by atoms with Crippen LogP contribution in [0.4, 0.5) is 5.69 Å². The van der Waals surface area contributed by atoms with Crippen LogP contribution in [0.1, 0.15) is 10.4 Å². The molecule has 0 saturated carbocycles. The summed E-state index contributed by atoms with van der Waals surface area (Å²) in [7, 11) is -3.16. The third kappa shape index (κ3) is 3.61. The highest BCUT2D eigenvalue weighted by Gasteiger charge is 2.50. The lowest BCUT2D eigenvalue weighted by Gasteiger charge is -2.26. The Bertz CT molecular complexity index is 1020. The molecule has 9 heteroatoms. The van der Waals surface area contributed by atoms with E-state index in [1.807, 2.05) is 6.07 Å². The minimum absolute atomic E-state index is 0.0230. The van der Waals surface area contributed by atoms with Crippen LogP contribution in [-0.2, 0) is 9.84 Å². The fraction of sp³-hybridized carbons (Fsp3) is 0.222. The smallest absolute Gasteiger partial charge is 0.279 e. The number of rotatable bonds is 2. The maximum absolute atomic E-state index is 12.6. The van der Waals surface area contributed by atoms with E-state index in [0.29, 0.717) is 26.5 Å². The van der Waals surface area contributed by atoms with Gasteiger partial charge in [-0.3, -0.25) is 4.79 Å². The maximum atomic E-state index is 12.6. The number of hydrogen-bond donors (Lipinski definition) is 0. The Kier molecular flexibility index (Phi) is 4.96. The van der Waals surface area contributed by atoms with Gasteiger partial charge in [0.1, 0.15) is 0 Å². The van der Waals surface area contributed by atoms with E-state index in [0.717, 1.165) is 0 Å². The number of carbonyl (C=O) groups excluding carboxylic acids is 1. The normalized spacial score (nSPS) is 25.0. The minimum atomic E-state index is -3.16. The zero-order chi connectivity index (χ0) is 19.2. The van der Waals surface area contributed by atoms with E-state index in [-0.39, 0.29) is 22.8 Å². The first kappa shape index (κ1) is 18.8. The van der Waals surface area contributed by atoms with Gasteiger partial charge in [-0.25, -0.2) is 8.42 Å². The summed E-state index contributed by atoms with van der Waals surface area (Å²) in [6, 6.07) is 13.4. The van der Waals surface area contributed by atoms with E-state index in [1.54, 1.807) is 47.4 Å². The van der Waals surface area contributed by atoms with Crippen LogP contribution < -0.4 is 4.90 Å². The SMILES string of the molecule is O=C(N=C1S[C@H]2CS(=O)(=O)C[C@@H]2N1c1c(Cl)cccc1Cl)c1ccccc1. The number of nitrogens with zero attached hydrogens (tertiary/aromatic N) is 2. The monoisotopic (exact) mass is 440 g/mol. The Morgan fingerprint density at radius 3 is 2.37 bits per heavy atom. The number of hydrogen-bond acceptors (Lipinski definition) is 4. The second-order valence-electron chi connectivity index (χ2n) is 6.31. The van der Waals surface area contributed by atoms with Crippen LogP contribution in [0.15, 0.2) is 53.5 Å². The van der Waals surface area contributed by atoms with E-state index in [2.05, 4.69) is 4.99 Å². The topological polar surface area (TPSA) is 66.8 Å². The summed E-state index contributed by atoms with van der Waals surface area (Å²) in [4.78, 5) is 18.6. The molecule has 2 fully saturated rings. The molecule has 2 saturated heterocycles. The van der Waals surface area contributed by atoms with Crippen molar-refractivity contribution in [2.45, 2.75) is 11.3 Å². The molecule has 2 aliphatic rings. The maximum Gasteiger partial charge on any atom is 0.279 e. The zero-order valence-electron chi connectivity index (χ0n) is 13.9. The molecule has 4 rings (SSSR count). The molecule has 2 aromatic carbocycles. The number of halogens is 2. The zero-order valence-corrected chi connectivity index (χ0v) is 17.0. The molecule has 2 aromatic rings. The van der Waals surface area contributed by atoms with Gasteiger partial charge in [-0.1, -0.05) is 59.2 Å². The van der Waals surface area contributed by atoms with Gasteiger partial charge < -0.3 is 4.90 Å². The van der Waals surface area contributed by atoms with E-state index >= 15 is 0 Å². The molecule has 2 aliphatic heterocycles. The molecule has 0 radical (unpaired) electrons. The molecule has 0 N–H and O–H groups in total. The Balaban J connectivity index is 1.79. The number of amidine groups is 1. The van der Waals surface area contributed by atoms with Crippen molar-refractivity contribution in [1.29, 1.82) is 0 Å². The predicted octanol–water partition coefficient (Wildman–Crippen LogP) is 3.91. The van der Waals surface area contributed by atoms with Gasteiger partial charge in [-0.15, -0.1) is 0 Å². The number of aliphatic imine (C=N–C) groups is 1. The third-order valence-corrected chi connectivity index (χ3v) is 8.28. The highest BCUT2D eigenvalue weighted by molar-refractivity contribution is 8.16. The minimum Gasteiger partial charge on any atom is -0.313 e. The van der Waals surface area contributed by atoms with Crippen LogP contribution in [0, 0.1) is 0 Å². The first-order valence-corrected chi connectivity index (χ1v) is 11.6. The number of sulfone groups is 1. The number of thioether (sulfide) groups is 1. The van der Waals surface area contributed by atoms with Crippen LogP contribution in [0.2, 0.25) is 10.0 Å². The number of fused-ring (bicyclic) bond motifs is 1. The predicted molar refractivity (Wildman–Crippen MR) is 111 cm³/mol. The molecule has 0 unspecified atom stereocenters. The standard InChI is InChI=1S/C18H14Cl2N2O3S2/c19-12-7-4-8-13(20)16(12)22-14-9-27(24,25)10-15(14)26-18(22)21-17(23)11-5-2-1-3-6-11/h1-8,14-15H,9-10H2/t14-,15-/m0/s1. The van der Waals surface area contributed by atoms with Crippen molar-refractivity contribution in [2.75, 3.05) is 16.4 Å². The number of anilines is 1. The first-order valence-electron chi connectivity index (χ1n) is 8.14. The molecular formula is C18H14Cl2N2O3S2. The molecular weight excluding hydrogens is 427 g/mol. The lowest BCUT2D eigenvalue weighted by atomic mass is 10.2. The molecule has 1 amide bonds. The van der Waals surface area contributed by atoms with Gasteiger partial charge in [0.25, 0.3) is 5.91 Å². The number of carbonyl (C=O) groups is 1. The lowest BCUT2D eigenvalue weighted by Crippen LogP contribution is -2.38. The average molecular weight is 441 g/mol. The van der Waals surface area contributed by atoms with E-state index in [4.69, 9.17) is 23.2 Å². The molecule has 0 aliphatic carbocycles. The number of amides is 1. The molecule has 140 valence electrons. The fourth-order valence-electron chi connectivity index (χ4n) is 3.28. The lowest BCUT2D eigenvalue weighted by molar-refractivity contribution is 0.100. The first-order chi connectivity index (χ1) is 12.9. The van der Waals surface area contributed by atoms with Crippen molar-refractivity contribution >= 4 is 61.6 Å². The molecule has 2 heterocycles. The van der Waals surface area contributed by atoms with Gasteiger partial charge in [-0.2, -0.15) is 4.99 Å². The summed E-state index contributed by atoms with van der Waals surface area (Å²) in [6.45, 7) is 0. The summed E-state index contributed by atoms with van der Waals surface area (Å²) in [5.41, 5.74) is 0.943. The number of benzene rings is 2. The molecule has 27 heavy (non-hydrogen) atoms. The van der Waals surface area contributed by atoms with E-state index in [1.165, 1.54) is 11.8 Å². The fourth-order valence-corrected chi connectivity index (χ4v) is 7.76. The largest absolute Gasteiger partial charge is 0.313 e. The summed E-state index contributed by atoms with van der Waals surface area (Å²) in [5.74, 6) is -0.376. The quantitative estimate of drug-likeness (QED) is 0.707. The Morgan fingerprint density at radius 1 is 1.04 bits per heavy atom. The van der Waals surface area contributed by atoms with Gasteiger partial charge >= 0.3 is 0 Å². The van der Waals surface area contributed by atoms with Crippen LogP contribution in [0.5, 0.6) is 0 Å². The Labute approximate surface area is 171 Å². The summed E-state index contributed by atoms with van der Waals surface area (Å²) < 4.78 is 24.3. The van der Waals surface area contributed by atoms with Gasteiger partial charge in [0, 0.05) is 10.8 Å². The molecule has 5 nitrogen and oxygen atoms in total. The molecule has 0 aromatic heterocycles. The van der Waals surface area contributed by atoms with Gasteiger partial charge in [0.2, 0.25) is 0 Å². The van der Waals surface area contributed by atoms with Crippen molar-refractivity contribution in [3.63, 3.8) is 0 Å². The van der Waals surface area contributed by atoms with Gasteiger partial charge in [-0.05, 0) is 24.3 Å². The molecule has 0 bridgehead atoms. The van der Waals surface area contributed by atoms with Crippen LogP contribution in [-0.4, -0.2) is 42.3 Å². The van der Waals surface area contributed by atoms with Crippen molar-refractivity contribution in [1.82, 2.24) is 0 Å². The summed E-state index contributed by atoms with van der Waals surface area (Å²) in [5, 5.41) is 0.967. The van der Waals surface area contributed by atoms with Crippen molar-refractivity contribution in [2.24, 2.45) is 4.99 Å². The number of para-hydroxylation sites is 1. The highest BCUT2D eigenvalue weighted by Crippen LogP contribution is 2.45. The van der Waals surface area contributed by atoms with E-state index < -0.39 is 15.7 Å². The van der Waals surface area contributed by atoms with Crippen molar-refractivity contribution < 1.29 is 13.2 Å². The third-order valence-electron chi connectivity index (χ3n) is 4.46. The summed E-state index contributed by atoms with van der Waals surface area (Å²) in [6.07, 6.45) is 0. The molecule has 0 spiro atoms. The average Bonchev–Trinajstić information content (AvgIpc) is 3.07. The Hall–Kier alpha value is -1.54. The second-order valence-corrected chi connectivity index (χ2v) is 10.5. The summed E-state index contributed by atoms with van der Waals surface area (Å²) >= 11 is 14.0. The van der Waals surface area contributed by atoms with Gasteiger partial charge in [0.15, 0.2) is 15.0 Å². The van der Waals surface area contributed by atoms with Crippen LogP contribution in [0.3, 0.4) is 0 Å². The van der Waals surface area contributed by atoms with Gasteiger partial charge in [0.05, 0.1) is 33.3 Å². The second kappa shape index (κ2) is 7.13. The Morgan fingerprint density at radius 2 is 1.70 bits per heavy atom. The molecule has 2 atom stereocenters. The van der Waals surface area contributed by atoms with Crippen LogP contribution in [0.25, 0.3) is 0 Å².